The van der Waals surface area contributed by atoms with E-state index in [2.05, 4.69) is 155 Å². The van der Waals surface area contributed by atoms with Crippen molar-refractivity contribution in [3.05, 3.63) is 144 Å². The van der Waals surface area contributed by atoms with E-state index in [9.17, 15) is 0 Å². The van der Waals surface area contributed by atoms with Crippen molar-refractivity contribution in [3.8, 4) is 44.8 Å². The minimum atomic E-state index is -0.0473. The van der Waals surface area contributed by atoms with Crippen LogP contribution >= 0.6 is 0 Å². The van der Waals surface area contributed by atoms with Gasteiger partial charge in [-0.1, -0.05) is 137 Å². The van der Waals surface area contributed by atoms with Gasteiger partial charge in [-0.25, -0.2) is 9.97 Å². The Balaban J connectivity index is 1.20. The Kier molecular flexibility index (Phi) is 6.03. The van der Waals surface area contributed by atoms with Gasteiger partial charge >= 0.3 is 0 Å². The lowest BCUT2D eigenvalue weighted by Gasteiger charge is -2.21. The first-order chi connectivity index (χ1) is 21.4. The average molecular weight is 567 g/mol. The summed E-state index contributed by atoms with van der Waals surface area (Å²) in [7, 11) is 0. The largest absolute Gasteiger partial charge is 0.245 e. The summed E-state index contributed by atoms with van der Waals surface area (Å²) in [6.45, 7) is 9.15. The SMILES string of the molecule is CC(C)c1ccccc1-c1ccc(-c2ccc3ccc4ccc(-c5ccc6c(c5)C(C)(C)c5ccccc5-6)nc4c3n2)cc1. The number of benzene rings is 5. The van der Waals surface area contributed by atoms with Crippen LogP contribution in [-0.2, 0) is 5.41 Å². The standard InChI is InChI=1S/C42H34N2/c1-26(2)32-9-5-6-10-33(32)27-13-15-28(16-14-27)38-23-20-29-17-18-30-21-24-39(44-41(30)40(29)43-38)31-19-22-35-34-11-7-8-12-36(34)42(3,4)37(35)25-31/h5-26H,1-4H3. The van der Waals surface area contributed by atoms with Crippen LogP contribution in [0.4, 0.5) is 0 Å². The Bertz CT molecular complexity index is 2220. The van der Waals surface area contributed by atoms with Crippen molar-refractivity contribution in [2.45, 2.75) is 39.0 Å². The lowest BCUT2D eigenvalue weighted by atomic mass is 9.82. The van der Waals surface area contributed by atoms with Gasteiger partial charge in [-0.2, -0.15) is 0 Å². The molecule has 0 bridgehead atoms. The quantitative estimate of drug-likeness (QED) is 0.198. The summed E-state index contributed by atoms with van der Waals surface area (Å²) in [5.41, 5.74) is 15.3. The van der Waals surface area contributed by atoms with E-state index in [1.807, 2.05) is 0 Å². The number of nitrogens with zero attached hydrogens (tertiary/aromatic N) is 2. The van der Waals surface area contributed by atoms with Crippen molar-refractivity contribution in [2.75, 3.05) is 0 Å². The zero-order valence-electron chi connectivity index (χ0n) is 25.6. The van der Waals surface area contributed by atoms with Crippen molar-refractivity contribution < 1.29 is 0 Å². The van der Waals surface area contributed by atoms with Gasteiger partial charge in [0, 0.05) is 27.3 Å². The Hall–Kier alpha value is -5.08. The second-order valence-corrected chi connectivity index (χ2v) is 12.9. The lowest BCUT2D eigenvalue weighted by Crippen LogP contribution is -2.14. The minimum absolute atomic E-state index is 0.0473. The van der Waals surface area contributed by atoms with Gasteiger partial charge in [-0.3, -0.25) is 0 Å². The van der Waals surface area contributed by atoms with Crippen molar-refractivity contribution in [1.29, 1.82) is 0 Å². The number of aromatic nitrogens is 2. The van der Waals surface area contributed by atoms with Gasteiger partial charge in [0.05, 0.1) is 22.4 Å². The Labute approximate surface area is 259 Å². The number of rotatable bonds is 4. The maximum Gasteiger partial charge on any atom is 0.0972 e. The van der Waals surface area contributed by atoms with Crippen molar-refractivity contribution >= 4 is 21.8 Å². The molecule has 0 spiro atoms. The predicted molar refractivity (Wildman–Crippen MR) is 185 cm³/mol. The molecule has 0 N–H and O–H groups in total. The molecule has 2 heterocycles. The first kappa shape index (κ1) is 26.5. The Morgan fingerprint density at radius 2 is 1.00 bits per heavy atom. The summed E-state index contributed by atoms with van der Waals surface area (Å²) in [6, 6.07) is 46.0. The van der Waals surface area contributed by atoms with E-state index in [1.165, 1.54) is 38.9 Å². The molecule has 0 radical (unpaired) electrons. The van der Waals surface area contributed by atoms with E-state index in [0.29, 0.717) is 5.92 Å². The van der Waals surface area contributed by atoms with Crippen LogP contribution in [-0.4, -0.2) is 9.97 Å². The van der Waals surface area contributed by atoms with Gasteiger partial charge in [0.2, 0.25) is 0 Å². The van der Waals surface area contributed by atoms with Crippen molar-refractivity contribution in [2.24, 2.45) is 0 Å². The van der Waals surface area contributed by atoms with Crippen LogP contribution in [0.2, 0.25) is 0 Å². The summed E-state index contributed by atoms with van der Waals surface area (Å²) >= 11 is 0. The third kappa shape index (κ3) is 4.17. The van der Waals surface area contributed by atoms with Gasteiger partial charge in [0.1, 0.15) is 0 Å². The highest BCUT2D eigenvalue weighted by atomic mass is 14.8. The molecular formula is C42H34N2. The summed E-state index contributed by atoms with van der Waals surface area (Å²) in [5, 5.41) is 2.19. The van der Waals surface area contributed by atoms with Gasteiger partial charge < -0.3 is 0 Å². The number of pyridine rings is 2. The fourth-order valence-corrected chi connectivity index (χ4v) is 7.04. The highest BCUT2D eigenvalue weighted by molar-refractivity contribution is 6.04. The second-order valence-electron chi connectivity index (χ2n) is 12.9. The van der Waals surface area contributed by atoms with Crippen LogP contribution < -0.4 is 0 Å². The summed E-state index contributed by atoms with van der Waals surface area (Å²) < 4.78 is 0. The average Bonchev–Trinajstić information content (AvgIpc) is 3.30. The molecule has 0 fully saturated rings. The molecule has 5 aromatic carbocycles. The number of fused-ring (bicyclic) bond motifs is 6. The van der Waals surface area contributed by atoms with Crippen LogP contribution in [0.5, 0.6) is 0 Å². The summed E-state index contributed by atoms with van der Waals surface area (Å²) in [6.07, 6.45) is 0. The third-order valence-corrected chi connectivity index (χ3v) is 9.47. The Morgan fingerprint density at radius 1 is 0.477 bits per heavy atom. The van der Waals surface area contributed by atoms with E-state index >= 15 is 0 Å². The third-order valence-electron chi connectivity index (χ3n) is 9.47. The molecular weight excluding hydrogens is 532 g/mol. The molecule has 2 aromatic heterocycles. The fourth-order valence-electron chi connectivity index (χ4n) is 7.04. The Morgan fingerprint density at radius 3 is 1.68 bits per heavy atom. The van der Waals surface area contributed by atoms with Crippen LogP contribution in [0.1, 0.15) is 50.3 Å². The van der Waals surface area contributed by atoms with Gasteiger partial charge in [0.25, 0.3) is 0 Å². The molecule has 1 aliphatic carbocycles. The normalized spacial score (nSPS) is 13.4. The zero-order chi connectivity index (χ0) is 30.0. The topological polar surface area (TPSA) is 25.8 Å². The summed E-state index contributed by atoms with van der Waals surface area (Å²) in [5.74, 6) is 0.471. The molecule has 212 valence electrons. The maximum atomic E-state index is 5.25. The molecule has 0 saturated heterocycles. The van der Waals surface area contributed by atoms with E-state index < -0.39 is 0 Å². The molecule has 0 amide bonds. The van der Waals surface area contributed by atoms with Gasteiger partial charge in [-0.15, -0.1) is 0 Å². The molecule has 0 unspecified atom stereocenters. The van der Waals surface area contributed by atoms with Gasteiger partial charge in [-0.05, 0) is 63.1 Å². The lowest BCUT2D eigenvalue weighted by molar-refractivity contribution is 0.660. The zero-order valence-corrected chi connectivity index (χ0v) is 25.6. The molecule has 2 nitrogen and oxygen atoms in total. The van der Waals surface area contributed by atoms with E-state index in [0.717, 1.165) is 44.3 Å². The van der Waals surface area contributed by atoms with E-state index in [4.69, 9.17) is 9.97 Å². The molecule has 0 aliphatic heterocycles. The van der Waals surface area contributed by atoms with Crippen LogP contribution in [0.15, 0.2) is 127 Å². The molecule has 1 aliphatic rings. The minimum Gasteiger partial charge on any atom is -0.245 e. The molecule has 8 rings (SSSR count). The number of hydrogen-bond donors (Lipinski definition) is 0. The van der Waals surface area contributed by atoms with Crippen LogP contribution in [0.25, 0.3) is 66.6 Å². The molecule has 0 saturated carbocycles. The number of hydrogen-bond acceptors (Lipinski definition) is 2. The maximum absolute atomic E-state index is 5.25. The summed E-state index contributed by atoms with van der Waals surface area (Å²) in [4.78, 5) is 10.5. The van der Waals surface area contributed by atoms with E-state index in [1.54, 1.807) is 0 Å². The first-order valence-electron chi connectivity index (χ1n) is 15.5. The monoisotopic (exact) mass is 566 g/mol. The highest BCUT2D eigenvalue weighted by Gasteiger charge is 2.35. The molecule has 2 heteroatoms. The highest BCUT2D eigenvalue weighted by Crippen LogP contribution is 2.49. The smallest absolute Gasteiger partial charge is 0.0972 e. The molecule has 7 aromatic rings. The fraction of sp³-hybridized carbons (Fsp3) is 0.143. The molecule has 0 atom stereocenters. The van der Waals surface area contributed by atoms with Crippen molar-refractivity contribution in [3.63, 3.8) is 0 Å². The van der Waals surface area contributed by atoms with Crippen LogP contribution in [0.3, 0.4) is 0 Å². The first-order valence-corrected chi connectivity index (χ1v) is 15.5. The second kappa shape index (κ2) is 9.99. The predicted octanol–water partition coefficient (Wildman–Crippen LogP) is 11.2. The van der Waals surface area contributed by atoms with Gasteiger partial charge in [0.15, 0.2) is 0 Å². The molecule has 44 heavy (non-hydrogen) atoms. The van der Waals surface area contributed by atoms with E-state index in [-0.39, 0.29) is 5.41 Å². The van der Waals surface area contributed by atoms with Crippen LogP contribution in [0, 0.1) is 0 Å². The van der Waals surface area contributed by atoms with Crippen molar-refractivity contribution in [1.82, 2.24) is 9.97 Å².